The third-order valence-corrected chi connectivity index (χ3v) is 2.11. The molecule has 21 heavy (non-hydrogen) atoms. The van der Waals surface area contributed by atoms with Crippen LogP contribution in [0.15, 0.2) is 23.1 Å². The van der Waals surface area contributed by atoms with E-state index in [1.807, 2.05) is 4.98 Å². The molecule has 2 rings (SSSR count). The lowest BCUT2D eigenvalue weighted by atomic mass is 10.2. The van der Waals surface area contributed by atoms with Crippen LogP contribution in [0.3, 0.4) is 0 Å². The standard InChI is InChI=1S/C7H6O5.C4H4FN3O/c8-4-1-3(7(11)12)2-5(9)6(4)10;5-2-1-7-4(9)8-3(2)6/h1-2,8-10H,(H,11,12);1H,(H3,6,7,8,9). The van der Waals surface area contributed by atoms with Gasteiger partial charge in [-0.05, 0) is 12.1 Å². The van der Waals surface area contributed by atoms with Crippen molar-refractivity contribution in [3.8, 4) is 17.2 Å². The number of phenols is 3. The molecule has 0 atom stereocenters. The predicted octanol–water partition coefficient (Wildman–Crippen LogP) is -0.00720. The van der Waals surface area contributed by atoms with E-state index in [2.05, 4.69) is 4.98 Å². The number of aromatic amines is 1. The van der Waals surface area contributed by atoms with Gasteiger partial charge >= 0.3 is 11.7 Å². The molecule has 0 spiro atoms. The van der Waals surface area contributed by atoms with Crippen LogP contribution in [0.1, 0.15) is 10.4 Å². The number of hydrogen-bond donors (Lipinski definition) is 6. The van der Waals surface area contributed by atoms with Gasteiger partial charge in [-0.3, -0.25) is 4.98 Å². The van der Waals surface area contributed by atoms with E-state index in [0.29, 0.717) is 0 Å². The summed E-state index contributed by atoms with van der Waals surface area (Å²) < 4.78 is 12.1. The molecule has 2 aromatic rings. The number of H-pyrrole nitrogens is 1. The molecule has 0 unspecified atom stereocenters. The fraction of sp³-hybridized carbons (Fsp3) is 0. The zero-order valence-corrected chi connectivity index (χ0v) is 10.2. The van der Waals surface area contributed by atoms with Gasteiger partial charge in [0.1, 0.15) is 5.82 Å². The van der Waals surface area contributed by atoms with Gasteiger partial charge in [-0.1, -0.05) is 0 Å². The summed E-state index contributed by atoms with van der Waals surface area (Å²) in [6.07, 6.45) is 0.772. The fourth-order valence-corrected chi connectivity index (χ4v) is 1.12. The van der Waals surface area contributed by atoms with Crippen LogP contribution in [0.2, 0.25) is 0 Å². The zero-order chi connectivity index (χ0) is 16.2. The first-order valence-electron chi connectivity index (χ1n) is 5.21. The molecule has 0 radical (unpaired) electrons. The van der Waals surface area contributed by atoms with Crippen LogP contribution >= 0.6 is 0 Å². The molecule has 9 nitrogen and oxygen atoms in total. The van der Waals surface area contributed by atoms with Crippen LogP contribution in [0.4, 0.5) is 10.2 Å². The molecule has 1 aromatic carbocycles. The zero-order valence-electron chi connectivity index (χ0n) is 10.2. The van der Waals surface area contributed by atoms with Gasteiger partial charge < -0.3 is 26.2 Å². The second kappa shape index (κ2) is 6.23. The van der Waals surface area contributed by atoms with Gasteiger partial charge in [-0.25, -0.2) is 14.0 Å². The molecule has 1 heterocycles. The van der Waals surface area contributed by atoms with E-state index in [0.717, 1.165) is 18.3 Å². The van der Waals surface area contributed by atoms with E-state index in [4.69, 9.17) is 26.2 Å². The number of nitrogens with zero attached hydrogens (tertiary/aromatic N) is 1. The van der Waals surface area contributed by atoms with E-state index in [1.54, 1.807) is 0 Å². The summed E-state index contributed by atoms with van der Waals surface area (Å²) in [5.74, 6) is -4.33. The number of nitrogens with one attached hydrogen (secondary N) is 1. The van der Waals surface area contributed by atoms with Crippen molar-refractivity contribution in [2.24, 2.45) is 0 Å². The lowest BCUT2D eigenvalue weighted by molar-refractivity contribution is 0.0696. The normalized spacial score (nSPS) is 9.57. The van der Waals surface area contributed by atoms with Crippen LogP contribution in [0.5, 0.6) is 17.2 Å². The lowest BCUT2D eigenvalue weighted by Crippen LogP contribution is -2.12. The number of aromatic nitrogens is 2. The molecule has 0 amide bonds. The number of aromatic hydroxyl groups is 3. The Morgan fingerprint density at radius 1 is 1.24 bits per heavy atom. The van der Waals surface area contributed by atoms with E-state index >= 15 is 0 Å². The quantitative estimate of drug-likeness (QED) is 0.399. The number of aromatic carboxylic acids is 1. The molecule has 0 aliphatic rings. The molecule has 0 aliphatic heterocycles. The first-order chi connectivity index (χ1) is 9.72. The summed E-state index contributed by atoms with van der Waals surface area (Å²) in [4.78, 5) is 25.6. The summed E-state index contributed by atoms with van der Waals surface area (Å²) in [6, 6.07) is 1.69. The number of hydrogen-bond acceptors (Lipinski definition) is 7. The highest BCUT2D eigenvalue weighted by Gasteiger charge is 2.11. The van der Waals surface area contributed by atoms with Gasteiger partial charge in [0, 0.05) is 0 Å². The maximum Gasteiger partial charge on any atom is 0.346 e. The Morgan fingerprint density at radius 3 is 2.14 bits per heavy atom. The number of rotatable bonds is 1. The molecule has 0 saturated carbocycles. The van der Waals surface area contributed by atoms with Crippen molar-refractivity contribution >= 4 is 11.8 Å². The first kappa shape index (κ1) is 15.8. The average Bonchev–Trinajstić information content (AvgIpc) is 2.40. The van der Waals surface area contributed by atoms with Crippen LogP contribution < -0.4 is 11.4 Å². The van der Waals surface area contributed by atoms with Gasteiger partial charge in [0.25, 0.3) is 0 Å². The van der Waals surface area contributed by atoms with Gasteiger partial charge in [0.05, 0.1) is 11.8 Å². The number of phenolic OH excluding ortho intramolecular Hbond substituents is 3. The minimum absolute atomic E-state index is 0.282. The summed E-state index contributed by atoms with van der Waals surface area (Å²) in [6.45, 7) is 0. The molecular formula is C11H10FN3O6. The van der Waals surface area contributed by atoms with E-state index < -0.39 is 34.7 Å². The molecule has 1 aromatic heterocycles. The van der Waals surface area contributed by atoms with Crippen LogP contribution in [-0.4, -0.2) is 36.4 Å². The number of anilines is 1. The molecule has 10 heteroatoms. The maximum absolute atomic E-state index is 12.1. The van der Waals surface area contributed by atoms with Crippen LogP contribution in [-0.2, 0) is 0 Å². The summed E-state index contributed by atoms with van der Waals surface area (Å²) in [7, 11) is 0. The van der Waals surface area contributed by atoms with Crippen molar-refractivity contribution in [2.75, 3.05) is 5.73 Å². The van der Waals surface area contributed by atoms with Crippen LogP contribution in [0.25, 0.3) is 0 Å². The minimum atomic E-state index is -1.29. The third kappa shape index (κ3) is 4.09. The maximum atomic E-state index is 12.1. The Hall–Kier alpha value is -3.30. The van der Waals surface area contributed by atoms with Crippen LogP contribution in [0, 0.1) is 5.82 Å². The first-order valence-corrected chi connectivity index (χ1v) is 5.21. The Kier molecular flexibility index (Phi) is 4.68. The van der Waals surface area contributed by atoms with E-state index in [-0.39, 0.29) is 11.4 Å². The van der Waals surface area contributed by atoms with Gasteiger partial charge in [0.15, 0.2) is 23.1 Å². The second-order valence-electron chi connectivity index (χ2n) is 3.62. The Bertz CT molecular complexity index is 707. The van der Waals surface area contributed by atoms with Gasteiger partial charge in [-0.15, -0.1) is 0 Å². The molecular weight excluding hydrogens is 289 g/mol. The fourth-order valence-electron chi connectivity index (χ4n) is 1.12. The highest BCUT2D eigenvalue weighted by Crippen LogP contribution is 2.35. The lowest BCUT2D eigenvalue weighted by Gasteiger charge is -2.01. The SMILES string of the molecule is Nc1[nH]c(=O)ncc1F.O=C(O)c1cc(O)c(O)c(O)c1. The smallest absolute Gasteiger partial charge is 0.346 e. The van der Waals surface area contributed by atoms with Gasteiger partial charge in [-0.2, -0.15) is 4.98 Å². The predicted molar refractivity (Wildman–Crippen MR) is 67.6 cm³/mol. The summed E-state index contributed by atoms with van der Waals surface area (Å²) in [5.41, 5.74) is 4.02. The Balaban J connectivity index is 0.000000219. The monoisotopic (exact) mass is 299 g/mol. The number of nitrogen functional groups attached to an aromatic ring is 1. The Morgan fingerprint density at radius 2 is 1.76 bits per heavy atom. The molecule has 0 fully saturated rings. The van der Waals surface area contributed by atoms with Crippen molar-refractivity contribution in [3.63, 3.8) is 0 Å². The minimum Gasteiger partial charge on any atom is -0.504 e. The molecule has 112 valence electrons. The summed E-state index contributed by atoms with van der Waals surface area (Å²) >= 11 is 0. The number of carbonyl (C=O) groups is 1. The molecule has 0 aliphatic carbocycles. The van der Waals surface area contributed by atoms with Crippen molar-refractivity contribution in [1.29, 1.82) is 0 Å². The van der Waals surface area contributed by atoms with Crippen molar-refractivity contribution in [1.82, 2.24) is 9.97 Å². The number of carboxylic acids is 1. The van der Waals surface area contributed by atoms with Crippen molar-refractivity contribution in [3.05, 3.63) is 40.2 Å². The number of carboxylic acid groups (broad SMARTS) is 1. The third-order valence-electron chi connectivity index (χ3n) is 2.11. The number of halogens is 1. The topological polar surface area (TPSA) is 170 Å². The highest BCUT2D eigenvalue weighted by molar-refractivity contribution is 5.89. The number of benzene rings is 1. The van der Waals surface area contributed by atoms with Crippen molar-refractivity contribution < 1.29 is 29.6 Å². The second-order valence-corrected chi connectivity index (χ2v) is 3.62. The Labute approximate surface area is 115 Å². The largest absolute Gasteiger partial charge is 0.504 e. The van der Waals surface area contributed by atoms with Gasteiger partial charge in [0.2, 0.25) is 0 Å². The van der Waals surface area contributed by atoms with Crippen molar-refractivity contribution in [2.45, 2.75) is 0 Å². The molecule has 0 bridgehead atoms. The number of nitrogens with two attached hydrogens (primary N) is 1. The van der Waals surface area contributed by atoms with E-state index in [9.17, 15) is 14.0 Å². The average molecular weight is 299 g/mol. The summed E-state index contributed by atoms with van der Waals surface area (Å²) in [5, 5.41) is 35.0. The molecule has 0 saturated heterocycles. The van der Waals surface area contributed by atoms with E-state index in [1.165, 1.54) is 0 Å². The molecule has 7 N–H and O–H groups in total. The highest BCUT2D eigenvalue weighted by atomic mass is 19.1.